The van der Waals surface area contributed by atoms with Gasteiger partial charge in [0.25, 0.3) is 11.8 Å². The molecule has 170 valence electrons. The van der Waals surface area contributed by atoms with Crippen molar-refractivity contribution in [2.24, 2.45) is 0 Å². The lowest BCUT2D eigenvalue weighted by Crippen LogP contribution is -2.73. The Morgan fingerprint density at radius 3 is 1.97 bits per heavy atom. The topological polar surface area (TPSA) is 97.8 Å². The van der Waals surface area contributed by atoms with Crippen molar-refractivity contribution in [1.82, 2.24) is 9.80 Å². The van der Waals surface area contributed by atoms with E-state index in [-0.39, 0.29) is 17.9 Å². The number of imide groups is 1. The van der Waals surface area contributed by atoms with Gasteiger partial charge in [-0.3, -0.25) is 19.4 Å². The molecule has 8 nitrogen and oxygen atoms in total. The van der Waals surface area contributed by atoms with Crippen molar-refractivity contribution < 1.29 is 27.0 Å². The van der Waals surface area contributed by atoms with Crippen molar-refractivity contribution >= 4 is 21.9 Å². The lowest BCUT2D eigenvalue weighted by Gasteiger charge is -2.56. The summed E-state index contributed by atoms with van der Waals surface area (Å²) in [7, 11) is -3.92. The Morgan fingerprint density at radius 1 is 0.938 bits per heavy atom. The molecule has 2 bridgehead atoms. The highest BCUT2D eigenvalue weighted by molar-refractivity contribution is 7.84. The minimum Gasteiger partial charge on any atom is -0.748 e. The molecule has 6 rings (SSSR count). The first kappa shape index (κ1) is 22.6. The fourth-order valence-electron chi connectivity index (χ4n) is 5.00. The predicted molar refractivity (Wildman–Crippen MR) is 118 cm³/mol. The van der Waals surface area contributed by atoms with Gasteiger partial charge in [0.2, 0.25) is 0 Å². The molecule has 2 aromatic rings. The number of nitrogens with zero attached hydrogens (tertiary/aromatic N) is 3. The van der Waals surface area contributed by atoms with Crippen molar-refractivity contribution in [2.75, 3.05) is 45.5 Å². The van der Waals surface area contributed by atoms with E-state index in [1.165, 1.54) is 10.5 Å². The molecule has 1 unspecified atom stereocenters. The van der Waals surface area contributed by atoms with Gasteiger partial charge >= 0.3 is 0 Å². The Morgan fingerprint density at radius 2 is 1.44 bits per heavy atom. The maximum Gasteiger partial charge on any atom is 0.261 e. The molecular weight excluding hydrogens is 430 g/mol. The second kappa shape index (κ2) is 8.74. The van der Waals surface area contributed by atoms with Crippen molar-refractivity contribution in [3.8, 4) is 0 Å². The van der Waals surface area contributed by atoms with Gasteiger partial charge in [-0.15, -0.1) is 0 Å². The summed E-state index contributed by atoms with van der Waals surface area (Å²) in [5.41, 5.74) is 2.43. The first-order valence-corrected chi connectivity index (χ1v) is 12.5. The first-order chi connectivity index (χ1) is 15.2. The van der Waals surface area contributed by atoms with Gasteiger partial charge in [0, 0.05) is 24.9 Å². The lowest BCUT2D eigenvalue weighted by molar-refractivity contribution is -0.975. The highest BCUT2D eigenvalue weighted by Crippen LogP contribution is 2.31. The van der Waals surface area contributed by atoms with E-state index >= 15 is 0 Å². The van der Waals surface area contributed by atoms with Gasteiger partial charge in [0.15, 0.2) is 0 Å². The maximum absolute atomic E-state index is 12.8. The Labute approximate surface area is 188 Å². The van der Waals surface area contributed by atoms with E-state index in [1.807, 2.05) is 18.2 Å². The molecule has 2 amide bonds. The molecule has 4 aliphatic heterocycles. The molecule has 3 saturated heterocycles. The Kier molecular flexibility index (Phi) is 6.17. The highest BCUT2D eigenvalue weighted by atomic mass is 32.2. The molecule has 0 saturated carbocycles. The van der Waals surface area contributed by atoms with Gasteiger partial charge in [-0.25, -0.2) is 8.42 Å². The van der Waals surface area contributed by atoms with Crippen LogP contribution in [0.15, 0.2) is 54.6 Å². The lowest BCUT2D eigenvalue weighted by atomic mass is 9.99. The molecule has 3 fully saturated rings. The van der Waals surface area contributed by atoms with Crippen LogP contribution in [0.1, 0.15) is 26.3 Å². The van der Waals surface area contributed by atoms with E-state index in [0.29, 0.717) is 23.9 Å². The quantitative estimate of drug-likeness (QED) is 0.388. The number of hydrogen-bond acceptors (Lipinski definition) is 6. The van der Waals surface area contributed by atoms with E-state index < -0.39 is 10.1 Å². The van der Waals surface area contributed by atoms with Crippen molar-refractivity contribution in [3.63, 3.8) is 0 Å². The summed E-state index contributed by atoms with van der Waals surface area (Å²) in [4.78, 5) is 29.6. The number of rotatable bonds is 4. The summed E-state index contributed by atoms with van der Waals surface area (Å²) < 4.78 is 28.2. The van der Waals surface area contributed by atoms with E-state index in [4.69, 9.17) is 13.0 Å². The van der Waals surface area contributed by atoms with Crippen LogP contribution in [0.5, 0.6) is 0 Å². The minimum atomic E-state index is -3.92. The normalized spacial score (nSPS) is 26.5. The van der Waals surface area contributed by atoms with Gasteiger partial charge in [-0.1, -0.05) is 42.5 Å². The molecule has 4 heterocycles. The molecule has 1 atom stereocenters. The number of hydrogen-bond donors (Lipinski definition) is 0. The summed E-state index contributed by atoms with van der Waals surface area (Å²) in [6.07, 6.45) is 0.604. The van der Waals surface area contributed by atoms with Crippen LogP contribution in [0.2, 0.25) is 0 Å². The highest BCUT2D eigenvalue weighted by Gasteiger charge is 2.49. The van der Waals surface area contributed by atoms with Gasteiger partial charge in [-0.05, 0) is 12.1 Å². The summed E-state index contributed by atoms with van der Waals surface area (Å²) in [5, 5.41) is 0. The third-order valence-electron chi connectivity index (χ3n) is 6.58. The zero-order valence-corrected chi connectivity index (χ0v) is 18.8. The van der Waals surface area contributed by atoms with Gasteiger partial charge in [0.05, 0.1) is 47.4 Å². The average Bonchev–Trinajstić information content (AvgIpc) is 2.99. The van der Waals surface area contributed by atoms with Crippen LogP contribution in [-0.4, -0.2) is 90.6 Å². The minimum absolute atomic E-state index is 0.133. The largest absolute Gasteiger partial charge is 0.748 e. The van der Waals surface area contributed by atoms with Crippen LogP contribution < -0.4 is 0 Å². The van der Waals surface area contributed by atoms with Crippen LogP contribution in [0, 0.1) is 0 Å². The molecular formula is C23H27N3O5S. The Bertz CT molecular complexity index is 1070. The van der Waals surface area contributed by atoms with Crippen LogP contribution in [-0.2, 0) is 16.7 Å². The van der Waals surface area contributed by atoms with Crippen LogP contribution >= 0.6 is 0 Å². The van der Waals surface area contributed by atoms with E-state index in [9.17, 15) is 9.59 Å². The zero-order valence-electron chi connectivity index (χ0n) is 18.0. The fraction of sp³-hybridized carbons (Fsp3) is 0.391. The monoisotopic (exact) mass is 457 g/mol. The van der Waals surface area contributed by atoms with E-state index in [0.717, 1.165) is 43.8 Å². The third kappa shape index (κ3) is 4.75. The molecule has 0 radical (unpaired) electrons. The predicted octanol–water partition coefficient (Wildman–Crippen LogP) is 1.16. The van der Waals surface area contributed by atoms with Crippen molar-refractivity contribution in [1.29, 1.82) is 0 Å². The smallest absolute Gasteiger partial charge is 0.261 e. The molecule has 0 aromatic heterocycles. The number of fused-ring (bicyclic) bond motifs is 4. The zero-order chi connectivity index (χ0) is 22.9. The Balaban J connectivity index is 0.000000444. The maximum atomic E-state index is 12.8. The van der Waals surface area contributed by atoms with Gasteiger partial charge < -0.3 is 9.04 Å². The average molecular weight is 458 g/mol. The van der Waals surface area contributed by atoms with Crippen LogP contribution in [0.3, 0.4) is 0 Å². The molecule has 0 spiro atoms. The van der Waals surface area contributed by atoms with E-state index in [1.54, 1.807) is 12.1 Å². The summed E-state index contributed by atoms with van der Waals surface area (Å²) in [6, 6.07) is 18.1. The Hall–Kier alpha value is -2.59. The summed E-state index contributed by atoms with van der Waals surface area (Å²) in [5.74, 6) is -0.266. The molecule has 2 aromatic carbocycles. The number of amides is 2. The molecule has 4 aliphatic rings. The molecule has 32 heavy (non-hydrogen) atoms. The number of carbonyl (C=O) groups excluding carboxylic acids is 2. The van der Waals surface area contributed by atoms with Crippen LogP contribution in [0.4, 0.5) is 0 Å². The van der Waals surface area contributed by atoms with Crippen molar-refractivity contribution in [2.45, 2.75) is 12.6 Å². The number of carbonyl (C=O) groups is 2. The van der Waals surface area contributed by atoms with Crippen molar-refractivity contribution in [3.05, 3.63) is 71.3 Å². The standard InChI is InChI=1S/C22H24N3O2.CH4O3S/c26-21-19-8-4-5-9-20(19)22(27)24(21)15-18-14-23-10-12-25(18,13-11-23)16-17-6-2-1-3-7-17;1-5(2,3)4/h1-9,18H,10-16H2;1H3,(H,2,3,4)/q+1;/p-1. The molecule has 0 N–H and O–H groups in total. The van der Waals surface area contributed by atoms with Gasteiger partial charge in [0.1, 0.15) is 12.6 Å². The third-order valence-corrected chi connectivity index (χ3v) is 6.58. The molecule has 0 aliphatic carbocycles. The SMILES string of the molecule is CS(=O)(=O)[O-].O=C1c2ccccc2C(=O)N1CC1CN2CC[N+]1(Cc1ccccc1)CC2. The summed E-state index contributed by atoms with van der Waals surface area (Å²) in [6.45, 7) is 6.82. The first-order valence-electron chi connectivity index (χ1n) is 10.6. The van der Waals surface area contributed by atoms with Gasteiger partial charge in [-0.2, -0.15) is 0 Å². The second-order valence-corrected chi connectivity index (χ2v) is 10.1. The fourth-order valence-corrected chi connectivity index (χ4v) is 5.00. The van der Waals surface area contributed by atoms with Crippen LogP contribution in [0.25, 0.3) is 0 Å². The number of piperazine rings is 3. The summed E-state index contributed by atoms with van der Waals surface area (Å²) >= 11 is 0. The number of benzene rings is 2. The molecule has 9 heteroatoms. The second-order valence-electron chi connectivity index (χ2n) is 8.73. The number of quaternary nitrogens is 1. The van der Waals surface area contributed by atoms with E-state index in [2.05, 4.69) is 29.2 Å².